The van der Waals surface area contributed by atoms with Gasteiger partial charge >= 0.3 is 0 Å². The van der Waals surface area contributed by atoms with Gasteiger partial charge in [-0.1, -0.05) is 91.0 Å². The Labute approximate surface area is 167 Å². The van der Waals surface area contributed by atoms with E-state index < -0.39 is 0 Å². The molecular formula is C25H27N3. The molecule has 0 bridgehead atoms. The van der Waals surface area contributed by atoms with Crippen LogP contribution >= 0.6 is 0 Å². The Balaban J connectivity index is 1.49. The number of nitrogens with zero attached hydrogens (tertiary/aromatic N) is 3. The monoisotopic (exact) mass is 369 g/mol. The van der Waals surface area contributed by atoms with Crippen LogP contribution in [0, 0.1) is 0 Å². The van der Waals surface area contributed by atoms with Gasteiger partial charge in [0, 0.05) is 26.2 Å². The van der Waals surface area contributed by atoms with Crippen LogP contribution < -0.4 is 0 Å². The normalized spacial score (nSPS) is 15.8. The molecule has 0 spiro atoms. The first kappa shape index (κ1) is 18.5. The molecular weight excluding hydrogens is 342 g/mol. The van der Waals surface area contributed by atoms with Gasteiger partial charge in [0.25, 0.3) is 0 Å². The summed E-state index contributed by atoms with van der Waals surface area (Å²) in [7, 11) is 0. The maximum atomic E-state index is 4.87. The van der Waals surface area contributed by atoms with Crippen LogP contribution in [0.5, 0.6) is 0 Å². The van der Waals surface area contributed by atoms with Crippen molar-refractivity contribution in [2.24, 2.45) is 5.10 Å². The number of piperazine rings is 1. The summed E-state index contributed by atoms with van der Waals surface area (Å²) in [5.41, 5.74) is 4.98. The van der Waals surface area contributed by atoms with Gasteiger partial charge in [-0.15, -0.1) is 0 Å². The Bertz CT molecular complexity index is 843. The lowest BCUT2D eigenvalue weighted by atomic mass is 9.96. The molecule has 0 aromatic heterocycles. The standard InChI is InChI=1S/C25H27N3/c1-21(22-11-5-2-6-12-22)26-28-19-17-27(18-20-28)25(23-13-7-3-8-14-23)24-15-9-4-10-16-24/h2-16,25H,17-20H2,1H3. The highest BCUT2D eigenvalue weighted by Gasteiger charge is 2.26. The summed E-state index contributed by atoms with van der Waals surface area (Å²) in [6, 6.07) is 32.4. The number of benzene rings is 3. The van der Waals surface area contributed by atoms with Crippen LogP contribution in [0.4, 0.5) is 0 Å². The third kappa shape index (κ3) is 4.32. The van der Waals surface area contributed by atoms with Gasteiger partial charge in [-0.05, 0) is 23.6 Å². The third-order valence-electron chi connectivity index (χ3n) is 5.37. The zero-order chi connectivity index (χ0) is 19.2. The predicted octanol–water partition coefficient (Wildman–Crippen LogP) is 4.82. The van der Waals surface area contributed by atoms with Crippen molar-refractivity contribution in [2.45, 2.75) is 13.0 Å². The molecule has 1 fully saturated rings. The number of hydrazone groups is 1. The van der Waals surface area contributed by atoms with Crippen LogP contribution in [-0.2, 0) is 0 Å². The van der Waals surface area contributed by atoms with E-state index in [1.54, 1.807) is 0 Å². The second kappa shape index (κ2) is 8.85. The van der Waals surface area contributed by atoms with Crippen LogP contribution in [0.1, 0.15) is 29.7 Å². The highest BCUT2D eigenvalue weighted by atomic mass is 15.5. The minimum absolute atomic E-state index is 0.295. The lowest BCUT2D eigenvalue weighted by Gasteiger charge is -2.39. The molecule has 3 aromatic carbocycles. The van der Waals surface area contributed by atoms with Crippen LogP contribution in [0.25, 0.3) is 0 Å². The average molecular weight is 370 g/mol. The molecule has 142 valence electrons. The largest absolute Gasteiger partial charge is 0.294 e. The minimum Gasteiger partial charge on any atom is -0.294 e. The maximum Gasteiger partial charge on any atom is 0.0646 e. The first-order valence-corrected chi connectivity index (χ1v) is 10.0. The van der Waals surface area contributed by atoms with Gasteiger partial charge in [0.05, 0.1) is 11.8 Å². The molecule has 4 rings (SSSR count). The summed E-state index contributed by atoms with van der Waals surface area (Å²) in [5.74, 6) is 0. The van der Waals surface area contributed by atoms with E-state index >= 15 is 0 Å². The highest BCUT2D eigenvalue weighted by Crippen LogP contribution is 2.29. The van der Waals surface area contributed by atoms with E-state index in [-0.39, 0.29) is 0 Å². The molecule has 3 nitrogen and oxygen atoms in total. The quantitative estimate of drug-likeness (QED) is 0.601. The smallest absolute Gasteiger partial charge is 0.0646 e. The molecule has 0 amide bonds. The number of hydrogen-bond acceptors (Lipinski definition) is 3. The summed E-state index contributed by atoms with van der Waals surface area (Å²) >= 11 is 0. The van der Waals surface area contributed by atoms with Crippen LogP contribution in [0.3, 0.4) is 0 Å². The summed E-state index contributed by atoms with van der Waals surface area (Å²) in [4.78, 5) is 2.58. The molecule has 1 aliphatic heterocycles. The van der Waals surface area contributed by atoms with Crippen molar-refractivity contribution in [3.8, 4) is 0 Å². The SMILES string of the molecule is CC(=NN1CCN(C(c2ccccc2)c2ccccc2)CC1)c1ccccc1. The summed E-state index contributed by atoms with van der Waals surface area (Å²) in [6.45, 7) is 5.99. The maximum absolute atomic E-state index is 4.87. The fraction of sp³-hybridized carbons (Fsp3) is 0.240. The molecule has 0 atom stereocenters. The predicted molar refractivity (Wildman–Crippen MR) is 117 cm³/mol. The Morgan fingerprint density at radius 3 is 1.64 bits per heavy atom. The Morgan fingerprint density at radius 2 is 1.14 bits per heavy atom. The number of hydrogen-bond donors (Lipinski definition) is 0. The van der Waals surface area contributed by atoms with Gasteiger partial charge in [-0.3, -0.25) is 9.91 Å². The Hall–Kier alpha value is -2.91. The second-order valence-corrected chi connectivity index (χ2v) is 7.26. The van der Waals surface area contributed by atoms with E-state index in [0.717, 1.165) is 31.9 Å². The van der Waals surface area contributed by atoms with E-state index in [9.17, 15) is 0 Å². The topological polar surface area (TPSA) is 18.8 Å². The molecule has 0 unspecified atom stereocenters. The van der Waals surface area contributed by atoms with Gasteiger partial charge in [0.2, 0.25) is 0 Å². The van der Waals surface area contributed by atoms with E-state index in [1.807, 2.05) is 6.07 Å². The summed E-state index contributed by atoms with van der Waals surface area (Å²) in [5, 5.41) is 7.08. The van der Waals surface area contributed by atoms with Crippen LogP contribution in [0.2, 0.25) is 0 Å². The average Bonchev–Trinajstić information content (AvgIpc) is 2.77. The number of rotatable bonds is 5. The van der Waals surface area contributed by atoms with Crippen LogP contribution in [0.15, 0.2) is 96.1 Å². The highest BCUT2D eigenvalue weighted by molar-refractivity contribution is 5.98. The lowest BCUT2D eigenvalue weighted by molar-refractivity contribution is 0.112. The summed E-state index contributed by atoms with van der Waals surface area (Å²) < 4.78 is 0. The molecule has 0 aliphatic carbocycles. The summed E-state index contributed by atoms with van der Waals surface area (Å²) in [6.07, 6.45) is 0. The molecule has 3 aromatic rings. The van der Waals surface area contributed by atoms with Gasteiger partial charge in [0.15, 0.2) is 0 Å². The zero-order valence-corrected chi connectivity index (χ0v) is 16.4. The first-order chi connectivity index (χ1) is 13.8. The Kier molecular flexibility index (Phi) is 5.83. The molecule has 0 radical (unpaired) electrons. The molecule has 3 heteroatoms. The fourth-order valence-corrected chi connectivity index (χ4v) is 3.90. The van der Waals surface area contributed by atoms with Crippen molar-refractivity contribution in [2.75, 3.05) is 26.2 Å². The van der Waals surface area contributed by atoms with Crippen molar-refractivity contribution in [1.82, 2.24) is 9.91 Å². The first-order valence-electron chi connectivity index (χ1n) is 10.0. The van der Waals surface area contributed by atoms with Crippen molar-refractivity contribution in [3.63, 3.8) is 0 Å². The van der Waals surface area contributed by atoms with E-state index in [4.69, 9.17) is 5.10 Å². The minimum atomic E-state index is 0.295. The van der Waals surface area contributed by atoms with Gasteiger partial charge in [-0.25, -0.2) is 0 Å². The molecule has 0 N–H and O–H groups in total. The van der Waals surface area contributed by atoms with Gasteiger partial charge in [0.1, 0.15) is 0 Å². The molecule has 1 saturated heterocycles. The molecule has 28 heavy (non-hydrogen) atoms. The molecule has 1 heterocycles. The lowest BCUT2D eigenvalue weighted by Crippen LogP contribution is -2.46. The van der Waals surface area contributed by atoms with E-state index in [1.165, 1.54) is 16.7 Å². The van der Waals surface area contributed by atoms with Crippen molar-refractivity contribution in [3.05, 3.63) is 108 Å². The van der Waals surface area contributed by atoms with Crippen molar-refractivity contribution in [1.29, 1.82) is 0 Å². The van der Waals surface area contributed by atoms with Crippen molar-refractivity contribution >= 4 is 5.71 Å². The van der Waals surface area contributed by atoms with E-state index in [2.05, 4.69) is 102 Å². The molecule has 0 saturated carbocycles. The van der Waals surface area contributed by atoms with Crippen molar-refractivity contribution < 1.29 is 0 Å². The Morgan fingerprint density at radius 1 is 0.679 bits per heavy atom. The van der Waals surface area contributed by atoms with Gasteiger partial charge in [-0.2, -0.15) is 5.10 Å². The third-order valence-corrected chi connectivity index (χ3v) is 5.37. The molecule has 1 aliphatic rings. The second-order valence-electron chi connectivity index (χ2n) is 7.26. The van der Waals surface area contributed by atoms with Gasteiger partial charge < -0.3 is 0 Å². The van der Waals surface area contributed by atoms with E-state index in [0.29, 0.717) is 6.04 Å². The van der Waals surface area contributed by atoms with Crippen LogP contribution in [-0.4, -0.2) is 41.8 Å². The zero-order valence-electron chi connectivity index (χ0n) is 16.4. The fourth-order valence-electron chi connectivity index (χ4n) is 3.90.